The van der Waals surface area contributed by atoms with E-state index < -0.39 is 11.7 Å². The van der Waals surface area contributed by atoms with Crippen LogP contribution in [0.4, 0.5) is 13.2 Å². The fourth-order valence-electron chi connectivity index (χ4n) is 1.87. The second-order valence-corrected chi connectivity index (χ2v) is 4.65. The lowest BCUT2D eigenvalue weighted by atomic mass is 10.1. The number of benzene rings is 1. The van der Waals surface area contributed by atoms with E-state index in [9.17, 15) is 13.2 Å². The van der Waals surface area contributed by atoms with Crippen molar-refractivity contribution in [2.24, 2.45) is 0 Å². The molecule has 0 bridgehead atoms. The minimum Gasteiger partial charge on any atom is -0.497 e. The maximum absolute atomic E-state index is 12.9. The van der Waals surface area contributed by atoms with Gasteiger partial charge >= 0.3 is 6.18 Å². The van der Waals surface area contributed by atoms with Crippen molar-refractivity contribution in [3.8, 4) is 22.8 Å². The molecule has 0 amide bonds. The normalized spacial score (nSPS) is 11.3. The van der Waals surface area contributed by atoms with E-state index in [0.717, 1.165) is 12.1 Å². The fraction of sp³-hybridized carbons (Fsp3) is 0.214. The van der Waals surface area contributed by atoms with Crippen molar-refractivity contribution in [1.29, 1.82) is 0 Å². The molecule has 1 aromatic carbocycles. The molecule has 1 N–H and O–H groups in total. The molecule has 112 valence electrons. The summed E-state index contributed by atoms with van der Waals surface area (Å²) < 4.78 is 48.8. The smallest absolute Gasteiger partial charge is 0.416 e. The Morgan fingerprint density at radius 1 is 1.05 bits per heavy atom. The number of methoxy groups -OCH3 is 2. The summed E-state index contributed by atoms with van der Waals surface area (Å²) in [6.45, 7) is 0. The predicted molar refractivity (Wildman–Crippen MR) is 75.2 cm³/mol. The van der Waals surface area contributed by atoms with E-state index in [-0.39, 0.29) is 10.3 Å². The average molecular weight is 315 g/mol. The van der Waals surface area contributed by atoms with Crippen molar-refractivity contribution in [1.82, 2.24) is 4.98 Å². The van der Waals surface area contributed by atoms with Crippen LogP contribution in [0.2, 0.25) is 0 Å². The number of nitrogens with one attached hydrogen (secondary N) is 1. The predicted octanol–water partition coefficient (Wildman–Crippen LogP) is 4.45. The van der Waals surface area contributed by atoms with Gasteiger partial charge < -0.3 is 14.5 Å². The first-order chi connectivity index (χ1) is 9.85. The molecule has 0 radical (unpaired) electrons. The maximum atomic E-state index is 12.9. The minimum atomic E-state index is -4.46. The Morgan fingerprint density at radius 2 is 1.76 bits per heavy atom. The zero-order chi connectivity index (χ0) is 15.6. The highest BCUT2D eigenvalue weighted by Gasteiger charge is 2.31. The first-order valence-corrected chi connectivity index (χ1v) is 6.30. The number of ether oxygens (including phenoxy) is 2. The Kier molecular flexibility index (Phi) is 4.22. The molecule has 0 aliphatic heterocycles. The van der Waals surface area contributed by atoms with Crippen molar-refractivity contribution >= 4 is 12.2 Å². The number of hydrogen-bond donors (Lipinski definition) is 1. The van der Waals surface area contributed by atoms with Gasteiger partial charge in [-0.05, 0) is 24.3 Å². The highest BCUT2D eigenvalue weighted by atomic mass is 32.1. The van der Waals surface area contributed by atoms with Gasteiger partial charge in [0.2, 0.25) is 0 Å². The summed E-state index contributed by atoms with van der Waals surface area (Å²) in [6, 6.07) is 6.72. The van der Waals surface area contributed by atoms with Crippen LogP contribution >= 0.6 is 12.2 Å². The van der Waals surface area contributed by atoms with Crippen molar-refractivity contribution in [2.75, 3.05) is 14.2 Å². The third-order valence-corrected chi connectivity index (χ3v) is 3.09. The van der Waals surface area contributed by atoms with Crippen LogP contribution in [-0.4, -0.2) is 19.2 Å². The number of rotatable bonds is 3. The topological polar surface area (TPSA) is 34.2 Å². The minimum absolute atomic E-state index is 0.00213. The molecule has 0 atom stereocenters. The van der Waals surface area contributed by atoms with Gasteiger partial charge in [-0.3, -0.25) is 0 Å². The first-order valence-electron chi connectivity index (χ1n) is 5.89. The van der Waals surface area contributed by atoms with Crippen molar-refractivity contribution in [3.63, 3.8) is 0 Å². The number of pyridine rings is 1. The summed E-state index contributed by atoms with van der Waals surface area (Å²) >= 11 is 4.86. The lowest BCUT2D eigenvalue weighted by Gasteiger charge is -2.13. The Labute approximate surface area is 124 Å². The van der Waals surface area contributed by atoms with E-state index >= 15 is 0 Å². The molecule has 0 saturated heterocycles. The van der Waals surface area contributed by atoms with E-state index in [2.05, 4.69) is 4.98 Å². The number of hydrogen-bond acceptors (Lipinski definition) is 3. The number of alkyl halides is 3. The first kappa shape index (κ1) is 15.4. The maximum Gasteiger partial charge on any atom is 0.416 e. The van der Waals surface area contributed by atoms with E-state index in [1.165, 1.54) is 14.2 Å². The molecule has 0 aliphatic carbocycles. The quantitative estimate of drug-likeness (QED) is 0.850. The lowest BCUT2D eigenvalue weighted by molar-refractivity contribution is -0.137. The lowest BCUT2D eigenvalue weighted by Crippen LogP contribution is -2.06. The molecule has 0 unspecified atom stereocenters. The van der Waals surface area contributed by atoms with Crippen LogP contribution in [0, 0.1) is 4.64 Å². The van der Waals surface area contributed by atoms with Crippen LogP contribution < -0.4 is 9.47 Å². The summed E-state index contributed by atoms with van der Waals surface area (Å²) in [5.74, 6) is 0.931. The summed E-state index contributed by atoms with van der Waals surface area (Å²) in [5.41, 5.74) is -0.107. The van der Waals surface area contributed by atoms with Crippen molar-refractivity contribution in [3.05, 3.63) is 40.5 Å². The van der Waals surface area contributed by atoms with Crippen LogP contribution in [0.5, 0.6) is 11.5 Å². The van der Waals surface area contributed by atoms with Crippen LogP contribution in [-0.2, 0) is 6.18 Å². The molecule has 1 aromatic heterocycles. The summed E-state index contributed by atoms with van der Waals surface area (Å²) in [7, 11) is 2.92. The summed E-state index contributed by atoms with van der Waals surface area (Å²) in [6.07, 6.45) is -4.46. The molecule has 3 nitrogen and oxygen atoms in total. The SMILES string of the molecule is COc1ccc(-c2cc(C(F)(F)F)cc(=S)[nH]2)c(OC)c1. The van der Waals surface area contributed by atoms with Crippen LogP contribution in [0.1, 0.15) is 5.56 Å². The van der Waals surface area contributed by atoms with E-state index in [0.29, 0.717) is 17.1 Å². The molecule has 21 heavy (non-hydrogen) atoms. The molecule has 2 rings (SSSR count). The molecule has 2 aromatic rings. The second kappa shape index (κ2) is 5.77. The van der Waals surface area contributed by atoms with Gasteiger partial charge in [-0.25, -0.2) is 0 Å². The molecular weight excluding hydrogens is 303 g/mol. The molecule has 7 heteroatoms. The monoisotopic (exact) mass is 315 g/mol. The Bertz CT molecular complexity index is 710. The zero-order valence-corrected chi connectivity index (χ0v) is 12.1. The summed E-state index contributed by atoms with van der Waals surface area (Å²) in [5, 5.41) is 0. The van der Waals surface area contributed by atoms with Gasteiger partial charge in [-0.2, -0.15) is 13.2 Å². The van der Waals surface area contributed by atoms with Crippen LogP contribution in [0.25, 0.3) is 11.3 Å². The van der Waals surface area contributed by atoms with E-state index in [4.69, 9.17) is 21.7 Å². The van der Waals surface area contributed by atoms with Crippen molar-refractivity contribution in [2.45, 2.75) is 6.18 Å². The van der Waals surface area contributed by atoms with Crippen molar-refractivity contribution < 1.29 is 22.6 Å². The van der Waals surface area contributed by atoms with E-state index in [1.807, 2.05) is 0 Å². The Morgan fingerprint density at radius 3 is 2.33 bits per heavy atom. The Balaban J connectivity index is 2.62. The number of H-pyrrole nitrogens is 1. The van der Waals surface area contributed by atoms with Crippen LogP contribution in [0.15, 0.2) is 30.3 Å². The second-order valence-electron chi connectivity index (χ2n) is 4.21. The molecule has 0 aliphatic rings. The standard InChI is InChI=1S/C14H12F3NO2S/c1-19-9-3-4-10(12(7-9)20-2)11-5-8(14(15,16)17)6-13(21)18-11/h3-7H,1-2H3,(H,18,21). The molecule has 0 fully saturated rings. The average Bonchev–Trinajstić information content (AvgIpc) is 2.45. The number of aromatic nitrogens is 1. The van der Waals surface area contributed by atoms with Gasteiger partial charge in [0, 0.05) is 11.6 Å². The largest absolute Gasteiger partial charge is 0.497 e. The number of halogens is 3. The van der Waals surface area contributed by atoms with Gasteiger partial charge in [0.15, 0.2) is 0 Å². The zero-order valence-electron chi connectivity index (χ0n) is 11.2. The third kappa shape index (κ3) is 3.36. The highest BCUT2D eigenvalue weighted by Crippen LogP contribution is 2.35. The summed E-state index contributed by atoms with van der Waals surface area (Å²) in [4.78, 5) is 2.74. The Hall–Kier alpha value is -2.02. The molecule has 0 spiro atoms. The van der Waals surface area contributed by atoms with Gasteiger partial charge in [-0.15, -0.1) is 0 Å². The molecule has 1 heterocycles. The van der Waals surface area contributed by atoms with Gasteiger partial charge in [0.25, 0.3) is 0 Å². The third-order valence-electron chi connectivity index (χ3n) is 2.87. The van der Waals surface area contributed by atoms with E-state index in [1.54, 1.807) is 18.2 Å². The number of aromatic amines is 1. The fourth-order valence-corrected chi connectivity index (χ4v) is 2.11. The van der Waals surface area contributed by atoms with Crippen LogP contribution in [0.3, 0.4) is 0 Å². The van der Waals surface area contributed by atoms with Gasteiger partial charge in [0.05, 0.1) is 25.5 Å². The molecule has 0 saturated carbocycles. The van der Waals surface area contributed by atoms with Gasteiger partial charge in [-0.1, -0.05) is 12.2 Å². The molecular formula is C14H12F3NO2S. The van der Waals surface area contributed by atoms with Gasteiger partial charge in [0.1, 0.15) is 16.1 Å². The highest BCUT2D eigenvalue weighted by molar-refractivity contribution is 7.71.